The van der Waals surface area contributed by atoms with Gasteiger partial charge in [-0.15, -0.1) is 16.4 Å². The fourth-order valence-electron chi connectivity index (χ4n) is 4.28. The maximum Gasteiger partial charge on any atom is 0.156 e. The van der Waals surface area contributed by atoms with E-state index in [1.54, 1.807) is 11.3 Å². The lowest BCUT2D eigenvalue weighted by atomic mass is 10.0. The minimum Gasteiger partial charge on any atom is -0.378 e. The van der Waals surface area contributed by atoms with Gasteiger partial charge in [0.2, 0.25) is 0 Å². The van der Waals surface area contributed by atoms with Crippen LogP contribution in [-0.4, -0.2) is 55.5 Å². The molecule has 33 heavy (non-hydrogen) atoms. The van der Waals surface area contributed by atoms with Gasteiger partial charge in [0.25, 0.3) is 0 Å². The summed E-state index contributed by atoms with van der Waals surface area (Å²) in [6.45, 7) is 5.03. The molecule has 0 saturated carbocycles. The number of nitrogens with zero attached hydrogens (tertiary/aromatic N) is 4. The van der Waals surface area contributed by atoms with E-state index in [2.05, 4.69) is 93.3 Å². The second-order valence-electron chi connectivity index (χ2n) is 8.61. The van der Waals surface area contributed by atoms with Crippen LogP contribution in [0.3, 0.4) is 0 Å². The highest BCUT2D eigenvalue weighted by molar-refractivity contribution is 7.10. The van der Waals surface area contributed by atoms with E-state index in [-0.39, 0.29) is 0 Å². The molecule has 1 N–H and O–H groups in total. The molecular weight excluding hydrogens is 430 g/mol. The van der Waals surface area contributed by atoms with E-state index in [1.807, 2.05) is 6.20 Å². The normalized spacial score (nSPS) is 14.2. The monoisotopic (exact) mass is 459 g/mol. The lowest BCUT2D eigenvalue weighted by Crippen LogP contribution is -2.36. The van der Waals surface area contributed by atoms with Crippen molar-refractivity contribution in [1.82, 2.24) is 15.1 Å². The second-order valence-corrected chi connectivity index (χ2v) is 9.61. The Morgan fingerprint density at radius 2 is 1.94 bits per heavy atom. The molecule has 1 fully saturated rings. The molecule has 2 aromatic heterocycles. The van der Waals surface area contributed by atoms with Crippen molar-refractivity contribution in [3.05, 3.63) is 70.5 Å². The first-order valence-electron chi connectivity index (χ1n) is 11.3. The first-order valence-corrected chi connectivity index (χ1v) is 12.2. The largest absolute Gasteiger partial charge is 0.378 e. The highest BCUT2D eigenvalue weighted by Gasteiger charge is 2.14. The third-order valence-corrected chi connectivity index (χ3v) is 6.86. The SMILES string of the molecule is CN(C)Cc1ccccc1-c1csc(CNc2nncc3ccc(N4CCOCC4)cc23)c1. The van der Waals surface area contributed by atoms with Crippen LogP contribution in [0.2, 0.25) is 0 Å². The first kappa shape index (κ1) is 21.8. The molecular formula is C26H29N5OS. The van der Waals surface area contributed by atoms with Crippen LogP contribution in [0.15, 0.2) is 60.1 Å². The van der Waals surface area contributed by atoms with Crippen molar-refractivity contribution in [1.29, 1.82) is 0 Å². The molecule has 7 heteroatoms. The molecule has 0 bridgehead atoms. The number of nitrogens with one attached hydrogen (secondary N) is 1. The third-order valence-electron chi connectivity index (χ3n) is 5.92. The van der Waals surface area contributed by atoms with Crippen LogP contribution in [0, 0.1) is 0 Å². The third kappa shape index (κ3) is 5.00. The van der Waals surface area contributed by atoms with Crippen LogP contribution >= 0.6 is 11.3 Å². The highest BCUT2D eigenvalue weighted by Crippen LogP contribution is 2.31. The number of thiophene rings is 1. The Morgan fingerprint density at radius 1 is 1.09 bits per heavy atom. The summed E-state index contributed by atoms with van der Waals surface area (Å²) >= 11 is 1.78. The fraction of sp³-hybridized carbons (Fsp3) is 0.308. The molecule has 0 unspecified atom stereocenters. The van der Waals surface area contributed by atoms with E-state index >= 15 is 0 Å². The molecule has 1 aliphatic rings. The van der Waals surface area contributed by atoms with E-state index in [0.29, 0.717) is 0 Å². The van der Waals surface area contributed by atoms with E-state index in [9.17, 15) is 0 Å². The minimum atomic E-state index is 0.718. The molecule has 0 amide bonds. The van der Waals surface area contributed by atoms with Crippen LogP contribution in [0.4, 0.5) is 11.5 Å². The molecule has 0 atom stereocenters. The minimum absolute atomic E-state index is 0.718. The summed E-state index contributed by atoms with van der Waals surface area (Å²) in [4.78, 5) is 5.84. The van der Waals surface area contributed by atoms with Crippen LogP contribution in [-0.2, 0) is 17.8 Å². The van der Waals surface area contributed by atoms with Gasteiger partial charge in [0.1, 0.15) is 0 Å². The molecule has 0 spiro atoms. The Labute approximate surface area is 198 Å². The Hall–Kier alpha value is -3.00. The number of benzene rings is 2. The van der Waals surface area contributed by atoms with E-state index < -0.39 is 0 Å². The van der Waals surface area contributed by atoms with Crippen LogP contribution in [0.1, 0.15) is 10.4 Å². The lowest BCUT2D eigenvalue weighted by molar-refractivity contribution is 0.122. The standard InChI is InChI=1S/C26H29N5OS/c1-30(2)17-20-5-3-4-6-24(20)21-13-23(33-18-21)16-27-26-25-14-22(31-9-11-32-12-10-31)8-7-19(25)15-28-29-26/h3-8,13-15,18H,9-12,16-17H2,1-2H3,(H,27,29). The maximum absolute atomic E-state index is 5.50. The van der Waals surface area contributed by atoms with E-state index in [1.165, 1.54) is 27.3 Å². The van der Waals surface area contributed by atoms with Gasteiger partial charge in [0.05, 0.1) is 26.0 Å². The number of fused-ring (bicyclic) bond motifs is 1. The van der Waals surface area contributed by atoms with Crippen LogP contribution < -0.4 is 10.2 Å². The summed E-state index contributed by atoms with van der Waals surface area (Å²) in [6, 6.07) is 17.4. The number of ether oxygens (including phenoxy) is 1. The van der Waals surface area contributed by atoms with Crippen LogP contribution in [0.5, 0.6) is 0 Å². The van der Waals surface area contributed by atoms with Crippen molar-refractivity contribution >= 4 is 33.6 Å². The molecule has 0 radical (unpaired) electrons. The molecule has 0 aliphatic carbocycles. The van der Waals surface area contributed by atoms with Gasteiger partial charge in [-0.05, 0) is 54.4 Å². The molecule has 3 heterocycles. The average Bonchev–Trinajstić information content (AvgIpc) is 3.32. The zero-order chi connectivity index (χ0) is 22.6. The number of hydrogen-bond donors (Lipinski definition) is 1. The Morgan fingerprint density at radius 3 is 2.79 bits per heavy atom. The molecule has 4 aromatic rings. The van der Waals surface area contributed by atoms with E-state index in [0.717, 1.165) is 56.0 Å². The summed E-state index contributed by atoms with van der Waals surface area (Å²) < 4.78 is 5.50. The lowest BCUT2D eigenvalue weighted by Gasteiger charge is -2.29. The van der Waals surface area contributed by atoms with Gasteiger partial charge in [0.15, 0.2) is 5.82 Å². The maximum atomic E-state index is 5.50. The number of morpholine rings is 1. The van der Waals surface area contributed by atoms with E-state index in [4.69, 9.17) is 4.74 Å². The van der Waals surface area contributed by atoms with Crippen LogP contribution in [0.25, 0.3) is 21.9 Å². The fourth-order valence-corrected chi connectivity index (χ4v) is 5.10. The quantitative estimate of drug-likeness (QED) is 0.426. The summed E-state index contributed by atoms with van der Waals surface area (Å²) in [5.74, 6) is 0.825. The van der Waals surface area contributed by atoms with Crippen molar-refractivity contribution in [2.24, 2.45) is 0 Å². The van der Waals surface area contributed by atoms with Crippen molar-refractivity contribution in [3.8, 4) is 11.1 Å². The molecule has 1 saturated heterocycles. The Balaban J connectivity index is 1.35. The summed E-state index contributed by atoms with van der Waals surface area (Å²) in [6.07, 6.45) is 1.83. The highest BCUT2D eigenvalue weighted by atomic mass is 32.1. The number of hydrogen-bond acceptors (Lipinski definition) is 7. The first-order chi connectivity index (χ1) is 16.2. The van der Waals surface area contributed by atoms with Crippen molar-refractivity contribution in [2.75, 3.05) is 50.6 Å². The summed E-state index contributed by atoms with van der Waals surface area (Å²) in [7, 11) is 4.21. The average molecular weight is 460 g/mol. The Kier molecular flexibility index (Phi) is 6.53. The topological polar surface area (TPSA) is 53.5 Å². The van der Waals surface area contributed by atoms with Gasteiger partial charge >= 0.3 is 0 Å². The number of aromatic nitrogens is 2. The smallest absolute Gasteiger partial charge is 0.156 e. The van der Waals surface area contributed by atoms with Gasteiger partial charge in [-0.2, -0.15) is 5.10 Å². The molecule has 5 rings (SSSR count). The van der Waals surface area contributed by atoms with Gasteiger partial charge in [0, 0.05) is 41.0 Å². The van der Waals surface area contributed by atoms with Crippen molar-refractivity contribution in [3.63, 3.8) is 0 Å². The predicted octanol–water partition coefficient (Wildman–Crippen LogP) is 4.87. The zero-order valence-corrected chi connectivity index (χ0v) is 19.9. The number of anilines is 2. The predicted molar refractivity (Wildman–Crippen MR) is 137 cm³/mol. The van der Waals surface area contributed by atoms with Crippen molar-refractivity contribution in [2.45, 2.75) is 13.1 Å². The summed E-state index contributed by atoms with van der Waals surface area (Å²) in [5, 5.41) is 16.6. The van der Waals surface area contributed by atoms with Gasteiger partial charge < -0.3 is 19.9 Å². The molecule has 170 valence electrons. The zero-order valence-electron chi connectivity index (χ0n) is 19.1. The molecule has 6 nitrogen and oxygen atoms in total. The second kappa shape index (κ2) is 9.87. The molecule has 2 aromatic carbocycles. The van der Waals surface area contributed by atoms with Crippen molar-refractivity contribution < 1.29 is 4.74 Å². The number of rotatable bonds is 7. The summed E-state index contributed by atoms with van der Waals surface area (Å²) in [5.41, 5.74) is 5.12. The van der Waals surface area contributed by atoms with Gasteiger partial charge in [-0.25, -0.2) is 0 Å². The van der Waals surface area contributed by atoms with Gasteiger partial charge in [-0.3, -0.25) is 0 Å². The molecule has 1 aliphatic heterocycles. The van der Waals surface area contributed by atoms with Gasteiger partial charge in [-0.1, -0.05) is 30.3 Å². The Bertz CT molecular complexity index is 1230.